The van der Waals surface area contributed by atoms with E-state index >= 15 is 0 Å². The van der Waals surface area contributed by atoms with Crippen LogP contribution in [0.15, 0.2) is 28.8 Å². The second-order valence-corrected chi connectivity index (χ2v) is 5.54. The first-order valence-electron chi connectivity index (χ1n) is 6.99. The van der Waals surface area contributed by atoms with Gasteiger partial charge in [0.25, 0.3) is 0 Å². The second kappa shape index (κ2) is 6.13. The summed E-state index contributed by atoms with van der Waals surface area (Å²) in [4.78, 5) is 8.76. The first-order chi connectivity index (χ1) is 10.3. The summed E-state index contributed by atoms with van der Waals surface area (Å²) in [6.45, 7) is 5.23. The number of nitrogens with zero attached hydrogens (tertiary/aromatic N) is 2. The molecule has 3 aromatic rings. The molecule has 3 rings (SSSR count). The van der Waals surface area contributed by atoms with Crippen LogP contribution in [0.3, 0.4) is 0 Å². The zero-order valence-corrected chi connectivity index (χ0v) is 12.9. The highest BCUT2D eigenvalue weighted by Gasteiger charge is 2.07. The van der Waals surface area contributed by atoms with Gasteiger partial charge in [0, 0.05) is 6.42 Å². The molecule has 2 heterocycles. The lowest BCUT2D eigenvalue weighted by Crippen LogP contribution is -1.98. The number of fused-ring (bicyclic) bond motifs is 1. The van der Waals surface area contributed by atoms with Crippen molar-refractivity contribution in [2.45, 2.75) is 26.8 Å². The number of ether oxygens (including phenoxy) is 1. The molecular weight excluding hydrogens is 286 g/mol. The van der Waals surface area contributed by atoms with Crippen molar-refractivity contribution < 1.29 is 9.15 Å². The van der Waals surface area contributed by atoms with E-state index < -0.39 is 0 Å². The van der Waals surface area contributed by atoms with Crippen LogP contribution in [0.5, 0.6) is 5.75 Å². The van der Waals surface area contributed by atoms with E-state index in [1.165, 1.54) is 0 Å². The van der Waals surface area contributed by atoms with Crippen molar-refractivity contribution in [1.29, 1.82) is 0 Å². The highest BCUT2D eigenvalue weighted by atomic mass is 32.1. The van der Waals surface area contributed by atoms with E-state index in [0.29, 0.717) is 19.0 Å². The van der Waals surface area contributed by atoms with E-state index in [-0.39, 0.29) is 0 Å². The Morgan fingerprint density at radius 3 is 3.00 bits per heavy atom. The van der Waals surface area contributed by atoms with Gasteiger partial charge in [0.15, 0.2) is 5.13 Å². The Bertz CT molecular complexity index is 735. The lowest BCUT2D eigenvalue weighted by Gasteiger charge is -2.00. The monoisotopic (exact) mass is 303 g/mol. The number of oxazole rings is 1. The molecule has 5 nitrogen and oxygen atoms in total. The van der Waals surface area contributed by atoms with E-state index in [1.54, 1.807) is 17.5 Å². The Morgan fingerprint density at radius 1 is 1.33 bits per heavy atom. The van der Waals surface area contributed by atoms with Gasteiger partial charge in [-0.05, 0) is 25.1 Å². The molecule has 21 heavy (non-hydrogen) atoms. The van der Waals surface area contributed by atoms with Gasteiger partial charge in [-0.15, -0.1) is 0 Å². The van der Waals surface area contributed by atoms with Crippen LogP contribution < -0.4 is 10.1 Å². The van der Waals surface area contributed by atoms with Gasteiger partial charge < -0.3 is 14.5 Å². The smallest absolute Gasteiger partial charge is 0.213 e. The maximum absolute atomic E-state index is 5.56. The van der Waals surface area contributed by atoms with E-state index in [0.717, 1.165) is 33.3 Å². The summed E-state index contributed by atoms with van der Waals surface area (Å²) in [5, 5.41) is 4.11. The van der Waals surface area contributed by atoms with Gasteiger partial charge >= 0.3 is 0 Å². The summed E-state index contributed by atoms with van der Waals surface area (Å²) in [5.41, 5.74) is 0.965. The number of nitrogens with one attached hydrogen (secondary N) is 1. The Morgan fingerprint density at radius 2 is 2.24 bits per heavy atom. The minimum atomic E-state index is 0.540. The van der Waals surface area contributed by atoms with E-state index in [1.807, 2.05) is 32.0 Å². The van der Waals surface area contributed by atoms with Crippen LogP contribution >= 0.6 is 11.3 Å². The Kier molecular flexibility index (Phi) is 4.06. The maximum Gasteiger partial charge on any atom is 0.213 e. The minimum Gasteiger partial charge on any atom is -0.494 e. The topological polar surface area (TPSA) is 60.2 Å². The van der Waals surface area contributed by atoms with Gasteiger partial charge in [0.05, 0.1) is 29.6 Å². The minimum absolute atomic E-state index is 0.540. The standard InChI is InChI=1S/C15H17N3O2S/c1-3-10-8-16-14(20-10)9-17-15-18-12-6-5-11(19-4-2)7-13(12)21-15/h5-8H,3-4,9H2,1-2H3,(H,17,18). The SMILES string of the molecule is CCOc1ccc2nc(NCc3ncc(CC)o3)sc2c1. The Labute approximate surface area is 127 Å². The van der Waals surface area contributed by atoms with Crippen molar-refractivity contribution >= 4 is 26.7 Å². The van der Waals surface area contributed by atoms with Gasteiger partial charge in [-0.1, -0.05) is 18.3 Å². The van der Waals surface area contributed by atoms with Crippen LogP contribution in [-0.2, 0) is 13.0 Å². The van der Waals surface area contributed by atoms with Crippen molar-refractivity contribution in [3.05, 3.63) is 36.0 Å². The average molecular weight is 303 g/mol. The Hall–Kier alpha value is -2.08. The fraction of sp³-hybridized carbons (Fsp3) is 0.333. The van der Waals surface area contributed by atoms with Gasteiger partial charge in [-0.2, -0.15) is 0 Å². The summed E-state index contributed by atoms with van der Waals surface area (Å²) in [7, 11) is 0. The van der Waals surface area contributed by atoms with Crippen molar-refractivity contribution in [2.75, 3.05) is 11.9 Å². The largest absolute Gasteiger partial charge is 0.494 e. The second-order valence-electron chi connectivity index (χ2n) is 4.51. The van der Waals surface area contributed by atoms with Gasteiger partial charge in [-0.25, -0.2) is 9.97 Å². The normalized spacial score (nSPS) is 11.0. The summed E-state index contributed by atoms with van der Waals surface area (Å²) in [6, 6.07) is 5.93. The molecule has 0 atom stereocenters. The molecule has 1 N–H and O–H groups in total. The molecule has 0 aliphatic heterocycles. The van der Waals surface area contributed by atoms with E-state index in [4.69, 9.17) is 9.15 Å². The molecule has 0 fully saturated rings. The fourth-order valence-electron chi connectivity index (χ4n) is 1.98. The fourth-order valence-corrected chi connectivity index (χ4v) is 2.87. The number of aryl methyl sites for hydroxylation is 1. The maximum atomic E-state index is 5.56. The molecule has 0 unspecified atom stereocenters. The predicted molar refractivity (Wildman–Crippen MR) is 84.0 cm³/mol. The molecular formula is C15H17N3O2S. The molecule has 1 aromatic carbocycles. The third-order valence-corrected chi connectivity index (χ3v) is 3.99. The summed E-state index contributed by atoms with van der Waals surface area (Å²) >= 11 is 1.60. The van der Waals surface area contributed by atoms with Gasteiger partial charge in [0.1, 0.15) is 11.5 Å². The van der Waals surface area contributed by atoms with Crippen LogP contribution in [0.25, 0.3) is 10.2 Å². The molecule has 0 spiro atoms. The molecule has 0 saturated carbocycles. The van der Waals surface area contributed by atoms with Crippen LogP contribution in [0.4, 0.5) is 5.13 Å². The van der Waals surface area contributed by atoms with E-state index in [9.17, 15) is 0 Å². The number of hydrogen-bond donors (Lipinski definition) is 1. The Balaban J connectivity index is 1.71. The number of hydrogen-bond acceptors (Lipinski definition) is 6. The lowest BCUT2D eigenvalue weighted by atomic mass is 10.3. The lowest BCUT2D eigenvalue weighted by molar-refractivity contribution is 0.341. The third kappa shape index (κ3) is 3.16. The first kappa shape index (κ1) is 13.9. The highest BCUT2D eigenvalue weighted by molar-refractivity contribution is 7.22. The molecule has 6 heteroatoms. The summed E-state index contributed by atoms with van der Waals surface area (Å²) in [6.07, 6.45) is 2.62. The third-order valence-electron chi connectivity index (χ3n) is 3.01. The van der Waals surface area contributed by atoms with Crippen LogP contribution in [0.2, 0.25) is 0 Å². The summed E-state index contributed by atoms with van der Waals surface area (Å²) in [5.74, 6) is 2.46. The highest BCUT2D eigenvalue weighted by Crippen LogP contribution is 2.29. The predicted octanol–water partition coefficient (Wildman–Crippen LogP) is 3.86. The number of anilines is 1. The van der Waals surface area contributed by atoms with E-state index in [2.05, 4.69) is 15.3 Å². The quantitative estimate of drug-likeness (QED) is 0.749. The van der Waals surface area contributed by atoms with Crippen LogP contribution in [0.1, 0.15) is 25.5 Å². The zero-order chi connectivity index (χ0) is 14.7. The first-order valence-corrected chi connectivity index (χ1v) is 7.81. The van der Waals surface area contributed by atoms with Crippen molar-refractivity contribution in [1.82, 2.24) is 9.97 Å². The molecule has 0 aliphatic rings. The van der Waals surface area contributed by atoms with Gasteiger partial charge in [-0.3, -0.25) is 0 Å². The molecule has 2 aromatic heterocycles. The van der Waals surface area contributed by atoms with Crippen molar-refractivity contribution in [2.24, 2.45) is 0 Å². The number of benzene rings is 1. The van der Waals surface area contributed by atoms with Gasteiger partial charge in [0.2, 0.25) is 5.89 Å². The van der Waals surface area contributed by atoms with Crippen molar-refractivity contribution in [3.63, 3.8) is 0 Å². The molecule has 0 bridgehead atoms. The van der Waals surface area contributed by atoms with Crippen LogP contribution in [-0.4, -0.2) is 16.6 Å². The summed E-state index contributed by atoms with van der Waals surface area (Å²) < 4.78 is 12.2. The molecule has 110 valence electrons. The van der Waals surface area contributed by atoms with Crippen LogP contribution in [0, 0.1) is 0 Å². The molecule has 0 amide bonds. The molecule has 0 saturated heterocycles. The molecule has 0 aliphatic carbocycles. The molecule has 0 radical (unpaired) electrons. The van der Waals surface area contributed by atoms with Crippen molar-refractivity contribution in [3.8, 4) is 5.75 Å². The number of aromatic nitrogens is 2. The average Bonchev–Trinajstić information content (AvgIpc) is 3.11. The zero-order valence-electron chi connectivity index (χ0n) is 12.0. The number of thiazole rings is 1. The number of rotatable bonds is 6.